The summed E-state index contributed by atoms with van der Waals surface area (Å²) in [5.74, 6) is -3.07. The van der Waals surface area contributed by atoms with Crippen molar-refractivity contribution in [1.82, 2.24) is 5.32 Å². The van der Waals surface area contributed by atoms with Gasteiger partial charge in [-0.05, 0) is 43.5 Å². The highest BCUT2D eigenvalue weighted by Gasteiger charge is 2.40. The molecule has 6 heteroatoms. The number of carboxylic acids is 1. The van der Waals surface area contributed by atoms with Gasteiger partial charge in [-0.15, -0.1) is 0 Å². The van der Waals surface area contributed by atoms with E-state index in [-0.39, 0.29) is 5.78 Å². The van der Waals surface area contributed by atoms with E-state index in [2.05, 4.69) is 5.32 Å². The number of Topliss-reactive ketones (excluding diaryl/α,β-unsaturated/α-hetero) is 1. The molecular weight excluding hydrogens is 270 g/mol. The Morgan fingerprint density at radius 2 is 2.11 bits per heavy atom. The molecule has 0 radical (unpaired) electrons. The first-order chi connectivity index (χ1) is 8.83. The third kappa shape index (κ3) is 2.46. The van der Waals surface area contributed by atoms with E-state index >= 15 is 0 Å². The second-order valence-corrected chi connectivity index (χ2v) is 5.16. The molecule has 5 nitrogen and oxygen atoms in total. The maximum Gasteiger partial charge on any atom is 0.394 e. The SMILES string of the molecule is CC1(NC(=O)C(=O)O)CCc2cc(Cl)ccc2C1=O. The number of carboxylic acid groups (broad SMARTS) is 1. The van der Waals surface area contributed by atoms with E-state index in [0.29, 0.717) is 23.4 Å². The summed E-state index contributed by atoms with van der Waals surface area (Å²) in [6.07, 6.45) is 0.899. The molecule has 1 atom stereocenters. The number of halogens is 1. The van der Waals surface area contributed by atoms with Crippen LogP contribution in [0.1, 0.15) is 29.3 Å². The van der Waals surface area contributed by atoms with Crippen molar-refractivity contribution in [3.8, 4) is 0 Å². The Morgan fingerprint density at radius 1 is 1.42 bits per heavy atom. The van der Waals surface area contributed by atoms with Crippen LogP contribution in [0.5, 0.6) is 0 Å². The van der Waals surface area contributed by atoms with Gasteiger partial charge in [0.2, 0.25) is 0 Å². The summed E-state index contributed by atoms with van der Waals surface area (Å²) >= 11 is 5.86. The number of ketones is 1. The molecule has 1 amide bonds. The number of aryl methyl sites for hydroxylation is 1. The van der Waals surface area contributed by atoms with Crippen LogP contribution >= 0.6 is 11.6 Å². The van der Waals surface area contributed by atoms with Gasteiger partial charge in [0, 0.05) is 10.6 Å². The van der Waals surface area contributed by atoms with Gasteiger partial charge >= 0.3 is 11.9 Å². The smallest absolute Gasteiger partial charge is 0.394 e. The summed E-state index contributed by atoms with van der Waals surface area (Å²) in [5, 5.41) is 11.4. The van der Waals surface area contributed by atoms with Gasteiger partial charge in [0.05, 0.1) is 0 Å². The maximum absolute atomic E-state index is 12.4. The van der Waals surface area contributed by atoms with Gasteiger partial charge < -0.3 is 10.4 Å². The number of nitrogens with one attached hydrogen (secondary N) is 1. The van der Waals surface area contributed by atoms with Crippen LogP contribution in [-0.4, -0.2) is 28.3 Å². The molecule has 0 spiro atoms. The van der Waals surface area contributed by atoms with Gasteiger partial charge in [0.25, 0.3) is 0 Å². The standard InChI is InChI=1S/C13H12ClNO4/c1-13(15-11(17)12(18)19)5-4-7-6-8(14)2-3-9(7)10(13)16/h2-3,6H,4-5H2,1H3,(H,15,17)(H,18,19). The molecule has 100 valence electrons. The number of amides is 1. The zero-order chi connectivity index (χ0) is 14.2. The Balaban J connectivity index is 2.32. The molecule has 2 N–H and O–H groups in total. The predicted octanol–water partition coefficient (Wildman–Crippen LogP) is 1.43. The highest BCUT2D eigenvalue weighted by molar-refractivity contribution is 6.32. The summed E-state index contributed by atoms with van der Waals surface area (Å²) in [4.78, 5) is 34.2. The Kier molecular flexibility index (Phi) is 3.32. The number of fused-ring (bicyclic) bond motifs is 1. The van der Waals surface area contributed by atoms with Crippen LogP contribution in [0.4, 0.5) is 0 Å². The highest BCUT2D eigenvalue weighted by Crippen LogP contribution is 2.30. The molecule has 0 bridgehead atoms. The lowest BCUT2D eigenvalue weighted by Crippen LogP contribution is -2.56. The van der Waals surface area contributed by atoms with Gasteiger partial charge in [0.1, 0.15) is 5.54 Å². The molecule has 0 aromatic heterocycles. The van der Waals surface area contributed by atoms with Crippen molar-refractivity contribution in [2.24, 2.45) is 0 Å². The lowest BCUT2D eigenvalue weighted by atomic mass is 9.78. The number of benzene rings is 1. The number of carbonyl (C=O) groups excluding carboxylic acids is 2. The Bertz CT molecular complexity index is 584. The Morgan fingerprint density at radius 3 is 2.74 bits per heavy atom. The fourth-order valence-electron chi connectivity index (χ4n) is 2.21. The number of rotatable bonds is 1. The van der Waals surface area contributed by atoms with E-state index in [9.17, 15) is 14.4 Å². The van der Waals surface area contributed by atoms with Gasteiger partial charge in [-0.1, -0.05) is 11.6 Å². The summed E-state index contributed by atoms with van der Waals surface area (Å²) < 4.78 is 0. The minimum Gasteiger partial charge on any atom is -0.474 e. The lowest BCUT2D eigenvalue weighted by molar-refractivity contribution is -0.150. The Labute approximate surface area is 114 Å². The first kappa shape index (κ1) is 13.5. The van der Waals surface area contributed by atoms with E-state index in [1.807, 2.05) is 0 Å². The van der Waals surface area contributed by atoms with E-state index in [1.54, 1.807) is 18.2 Å². The average molecular weight is 282 g/mol. The molecule has 2 rings (SSSR count). The monoisotopic (exact) mass is 281 g/mol. The van der Waals surface area contributed by atoms with Gasteiger partial charge in [0.15, 0.2) is 5.78 Å². The normalized spacial score (nSPS) is 21.7. The van der Waals surface area contributed by atoms with Gasteiger partial charge in [-0.2, -0.15) is 0 Å². The molecule has 19 heavy (non-hydrogen) atoms. The van der Waals surface area contributed by atoms with Crippen LogP contribution in [0, 0.1) is 0 Å². The van der Waals surface area contributed by atoms with Crippen molar-refractivity contribution >= 4 is 29.3 Å². The maximum atomic E-state index is 12.4. The number of hydrogen-bond acceptors (Lipinski definition) is 3. The third-order valence-electron chi connectivity index (χ3n) is 3.29. The fourth-order valence-corrected chi connectivity index (χ4v) is 2.40. The molecule has 1 unspecified atom stereocenters. The number of carbonyl (C=O) groups is 3. The van der Waals surface area contributed by atoms with E-state index in [1.165, 1.54) is 6.92 Å². The topological polar surface area (TPSA) is 83.5 Å². The molecule has 1 aromatic carbocycles. The minimum atomic E-state index is -1.60. The highest BCUT2D eigenvalue weighted by atomic mass is 35.5. The second-order valence-electron chi connectivity index (χ2n) is 4.72. The quantitative estimate of drug-likeness (QED) is 0.763. The zero-order valence-corrected chi connectivity index (χ0v) is 11.0. The molecule has 1 aromatic rings. The molecule has 0 saturated carbocycles. The molecule has 1 aliphatic rings. The number of aliphatic carboxylic acids is 1. The number of hydrogen-bond donors (Lipinski definition) is 2. The van der Waals surface area contributed by atoms with Crippen molar-refractivity contribution in [3.63, 3.8) is 0 Å². The molecule has 0 heterocycles. The van der Waals surface area contributed by atoms with E-state index < -0.39 is 17.4 Å². The zero-order valence-electron chi connectivity index (χ0n) is 10.2. The second kappa shape index (κ2) is 4.66. The van der Waals surface area contributed by atoms with Crippen molar-refractivity contribution in [3.05, 3.63) is 34.3 Å². The molecule has 0 saturated heterocycles. The lowest BCUT2D eigenvalue weighted by Gasteiger charge is -2.33. The van der Waals surface area contributed by atoms with Crippen LogP contribution in [0.15, 0.2) is 18.2 Å². The third-order valence-corrected chi connectivity index (χ3v) is 3.53. The van der Waals surface area contributed by atoms with Crippen molar-refractivity contribution < 1.29 is 19.5 Å². The molecule has 1 aliphatic carbocycles. The van der Waals surface area contributed by atoms with Crippen molar-refractivity contribution in [2.75, 3.05) is 0 Å². The summed E-state index contributed by atoms with van der Waals surface area (Å²) in [7, 11) is 0. The first-order valence-corrected chi connectivity index (χ1v) is 6.10. The molecule has 0 aliphatic heterocycles. The Hall–Kier alpha value is -1.88. The van der Waals surface area contributed by atoms with Crippen LogP contribution in [-0.2, 0) is 16.0 Å². The van der Waals surface area contributed by atoms with Crippen molar-refractivity contribution in [1.29, 1.82) is 0 Å². The fraction of sp³-hybridized carbons (Fsp3) is 0.308. The van der Waals surface area contributed by atoms with Crippen LogP contribution in [0.25, 0.3) is 0 Å². The van der Waals surface area contributed by atoms with Gasteiger partial charge in [-0.3, -0.25) is 9.59 Å². The van der Waals surface area contributed by atoms with Crippen LogP contribution < -0.4 is 5.32 Å². The van der Waals surface area contributed by atoms with Crippen LogP contribution in [0.2, 0.25) is 5.02 Å². The largest absolute Gasteiger partial charge is 0.474 e. The summed E-state index contributed by atoms with van der Waals surface area (Å²) in [5.41, 5.74) is 0.111. The minimum absolute atomic E-state index is 0.292. The summed E-state index contributed by atoms with van der Waals surface area (Å²) in [6.45, 7) is 1.54. The molecule has 0 fully saturated rings. The van der Waals surface area contributed by atoms with E-state index in [0.717, 1.165) is 5.56 Å². The first-order valence-electron chi connectivity index (χ1n) is 5.72. The van der Waals surface area contributed by atoms with E-state index in [4.69, 9.17) is 16.7 Å². The van der Waals surface area contributed by atoms with Gasteiger partial charge in [-0.25, -0.2) is 4.79 Å². The molecular formula is C13H12ClNO4. The average Bonchev–Trinajstić information content (AvgIpc) is 2.34. The van der Waals surface area contributed by atoms with Crippen molar-refractivity contribution in [2.45, 2.75) is 25.3 Å². The van der Waals surface area contributed by atoms with Crippen LogP contribution in [0.3, 0.4) is 0 Å². The predicted molar refractivity (Wildman–Crippen MR) is 68.3 cm³/mol. The summed E-state index contributed by atoms with van der Waals surface area (Å²) in [6, 6.07) is 4.92.